The van der Waals surface area contributed by atoms with Crippen molar-refractivity contribution in [2.24, 2.45) is 5.73 Å². The average Bonchev–Trinajstić information content (AvgIpc) is 2.44. The van der Waals surface area contributed by atoms with Crippen LogP contribution in [0.1, 0.15) is 57.4 Å². The molecule has 0 spiro atoms. The first kappa shape index (κ1) is 17.5. The summed E-state index contributed by atoms with van der Waals surface area (Å²) < 4.78 is 6.85. The average molecular weight is 342 g/mol. The zero-order chi connectivity index (χ0) is 14.6. The van der Waals surface area contributed by atoms with Gasteiger partial charge in [-0.2, -0.15) is 0 Å². The van der Waals surface area contributed by atoms with Crippen LogP contribution in [0.25, 0.3) is 0 Å². The molecular weight excluding hydrogens is 314 g/mol. The highest BCUT2D eigenvalue weighted by Gasteiger charge is 2.02. The van der Waals surface area contributed by atoms with E-state index in [4.69, 9.17) is 10.5 Å². The Morgan fingerprint density at radius 3 is 2.40 bits per heavy atom. The van der Waals surface area contributed by atoms with E-state index in [1.54, 1.807) is 0 Å². The van der Waals surface area contributed by atoms with Gasteiger partial charge in [-0.25, -0.2) is 0 Å². The lowest BCUT2D eigenvalue weighted by Gasteiger charge is -2.09. The van der Waals surface area contributed by atoms with Crippen LogP contribution in [0.4, 0.5) is 0 Å². The van der Waals surface area contributed by atoms with Gasteiger partial charge in [0.1, 0.15) is 5.75 Å². The molecule has 114 valence electrons. The lowest BCUT2D eigenvalue weighted by molar-refractivity contribution is 0.302. The maximum Gasteiger partial charge on any atom is 0.133 e. The second kappa shape index (κ2) is 11.2. The van der Waals surface area contributed by atoms with Gasteiger partial charge in [0.05, 0.1) is 11.1 Å². The molecule has 20 heavy (non-hydrogen) atoms. The minimum Gasteiger partial charge on any atom is -0.492 e. The first-order valence-corrected chi connectivity index (χ1v) is 8.68. The Bertz CT molecular complexity index is 368. The number of benzene rings is 1. The van der Waals surface area contributed by atoms with Crippen molar-refractivity contribution in [1.82, 2.24) is 0 Å². The number of rotatable bonds is 11. The Morgan fingerprint density at radius 2 is 1.75 bits per heavy atom. The molecular formula is C17H28BrNO. The van der Waals surface area contributed by atoms with Gasteiger partial charge < -0.3 is 10.5 Å². The molecule has 0 bridgehead atoms. The van der Waals surface area contributed by atoms with Crippen LogP contribution in [0.5, 0.6) is 5.75 Å². The van der Waals surface area contributed by atoms with Crippen LogP contribution in [0.3, 0.4) is 0 Å². The predicted octanol–water partition coefficient (Wildman–Crippen LogP) is 5.08. The molecule has 3 heteroatoms. The van der Waals surface area contributed by atoms with Crippen molar-refractivity contribution in [1.29, 1.82) is 0 Å². The van der Waals surface area contributed by atoms with Crippen LogP contribution in [0.2, 0.25) is 0 Å². The fraction of sp³-hybridized carbons (Fsp3) is 0.647. The maximum atomic E-state index is 5.82. The molecule has 0 amide bonds. The minimum atomic E-state index is 0.685. The smallest absolute Gasteiger partial charge is 0.133 e. The van der Waals surface area contributed by atoms with Gasteiger partial charge in [-0.3, -0.25) is 0 Å². The normalized spacial score (nSPS) is 10.8. The second-order valence-corrected chi connectivity index (χ2v) is 6.13. The fourth-order valence-corrected chi connectivity index (χ4v) is 2.77. The van der Waals surface area contributed by atoms with Crippen LogP contribution in [0, 0.1) is 0 Å². The molecule has 0 aliphatic rings. The molecule has 1 aromatic carbocycles. The van der Waals surface area contributed by atoms with E-state index in [-0.39, 0.29) is 0 Å². The lowest BCUT2D eigenvalue weighted by Crippen LogP contribution is -2.03. The molecule has 0 saturated carbocycles. The van der Waals surface area contributed by atoms with Crippen molar-refractivity contribution in [3.63, 3.8) is 0 Å². The van der Waals surface area contributed by atoms with E-state index in [9.17, 15) is 0 Å². The van der Waals surface area contributed by atoms with Crippen LogP contribution in [-0.4, -0.2) is 13.2 Å². The summed E-state index contributed by atoms with van der Waals surface area (Å²) in [5, 5.41) is 0. The van der Waals surface area contributed by atoms with Gasteiger partial charge in [-0.1, -0.05) is 51.5 Å². The number of unbranched alkanes of at least 4 members (excludes halogenated alkanes) is 6. The molecule has 0 fully saturated rings. The number of halogens is 1. The van der Waals surface area contributed by atoms with Crippen molar-refractivity contribution in [2.45, 2.75) is 58.3 Å². The largest absolute Gasteiger partial charge is 0.492 e. The maximum absolute atomic E-state index is 5.82. The molecule has 0 heterocycles. The van der Waals surface area contributed by atoms with Crippen molar-refractivity contribution in [3.8, 4) is 5.75 Å². The van der Waals surface area contributed by atoms with Crippen molar-refractivity contribution in [2.75, 3.05) is 13.2 Å². The molecule has 1 rings (SSSR count). The highest BCUT2D eigenvalue weighted by Crippen LogP contribution is 2.26. The van der Waals surface area contributed by atoms with Crippen molar-refractivity contribution >= 4 is 15.9 Å². The van der Waals surface area contributed by atoms with E-state index in [0.717, 1.165) is 29.7 Å². The number of ether oxygens (including phenoxy) is 1. The third kappa shape index (κ3) is 7.30. The Balaban J connectivity index is 2.15. The lowest BCUT2D eigenvalue weighted by atomic mass is 10.1. The number of hydrogen-bond donors (Lipinski definition) is 1. The van der Waals surface area contributed by atoms with Gasteiger partial charge >= 0.3 is 0 Å². The topological polar surface area (TPSA) is 35.2 Å². The van der Waals surface area contributed by atoms with E-state index >= 15 is 0 Å². The third-order valence-corrected chi connectivity index (χ3v) is 4.05. The van der Waals surface area contributed by atoms with Crippen molar-refractivity contribution < 1.29 is 4.74 Å². The molecule has 0 aromatic heterocycles. The SMILES string of the molecule is CCCCCCCCCOc1ccc(CCN)cc1Br. The van der Waals surface area contributed by atoms with E-state index in [0.29, 0.717) is 6.54 Å². The molecule has 2 nitrogen and oxygen atoms in total. The molecule has 0 aliphatic heterocycles. The third-order valence-electron chi connectivity index (χ3n) is 3.43. The summed E-state index contributed by atoms with van der Waals surface area (Å²) in [5.41, 5.74) is 6.81. The quantitative estimate of drug-likeness (QED) is 0.569. The van der Waals surface area contributed by atoms with Gasteiger partial charge in [0.25, 0.3) is 0 Å². The van der Waals surface area contributed by atoms with Gasteiger partial charge in [0.15, 0.2) is 0 Å². The zero-order valence-corrected chi connectivity index (χ0v) is 14.3. The molecule has 0 radical (unpaired) electrons. The number of nitrogens with two attached hydrogens (primary N) is 1. The summed E-state index contributed by atoms with van der Waals surface area (Å²) >= 11 is 3.56. The minimum absolute atomic E-state index is 0.685. The van der Waals surface area contributed by atoms with E-state index in [1.807, 2.05) is 6.07 Å². The van der Waals surface area contributed by atoms with Gasteiger partial charge in [0, 0.05) is 0 Å². The Morgan fingerprint density at radius 1 is 1.05 bits per heavy atom. The summed E-state index contributed by atoms with van der Waals surface area (Å²) in [6.45, 7) is 3.75. The first-order valence-electron chi connectivity index (χ1n) is 7.89. The predicted molar refractivity (Wildman–Crippen MR) is 90.4 cm³/mol. The fourth-order valence-electron chi connectivity index (χ4n) is 2.22. The van der Waals surface area contributed by atoms with Crippen LogP contribution >= 0.6 is 15.9 Å². The Labute approximate surface area is 132 Å². The van der Waals surface area contributed by atoms with E-state index in [2.05, 4.69) is 35.0 Å². The van der Waals surface area contributed by atoms with Crippen LogP contribution in [-0.2, 0) is 6.42 Å². The number of hydrogen-bond acceptors (Lipinski definition) is 2. The molecule has 0 aliphatic carbocycles. The molecule has 0 atom stereocenters. The van der Waals surface area contributed by atoms with Gasteiger partial charge in [-0.15, -0.1) is 0 Å². The van der Waals surface area contributed by atoms with Crippen LogP contribution in [0.15, 0.2) is 22.7 Å². The highest BCUT2D eigenvalue weighted by atomic mass is 79.9. The summed E-state index contributed by atoms with van der Waals surface area (Å²) in [4.78, 5) is 0. The zero-order valence-electron chi connectivity index (χ0n) is 12.7. The van der Waals surface area contributed by atoms with Crippen molar-refractivity contribution in [3.05, 3.63) is 28.2 Å². The summed E-state index contributed by atoms with van der Waals surface area (Å²) in [6, 6.07) is 6.24. The summed E-state index contributed by atoms with van der Waals surface area (Å²) in [7, 11) is 0. The summed E-state index contributed by atoms with van der Waals surface area (Å²) in [6.07, 6.45) is 10.1. The summed E-state index contributed by atoms with van der Waals surface area (Å²) in [5.74, 6) is 0.941. The van der Waals surface area contributed by atoms with Crippen LogP contribution < -0.4 is 10.5 Å². The highest BCUT2D eigenvalue weighted by molar-refractivity contribution is 9.10. The van der Waals surface area contributed by atoms with E-state index in [1.165, 1.54) is 44.1 Å². The van der Waals surface area contributed by atoms with Gasteiger partial charge in [-0.05, 0) is 53.0 Å². The molecule has 2 N–H and O–H groups in total. The first-order chi connectivity index (χ1) is 9.77. The molecule has 0 saturated heterocycles. The van der Waals surface area contributed by atoms with Gasteiger partial charge in [0.2, 0.25) is 0 Å². The molecule has 0 unspecified atom stereocenters. The molecule has 1 aromatic rings. The Hall–Kier alpha value is -0.540. The standard InChI is InChI=1S/C17H28BrNO/c1-2-3-4-5-6-7-8-13-20-17-10-9-15(11-12-19)14-16(17)18/h9-10,14H,2-8,11-13,19H2,1H3. The van der Waals surface area contributed by atoms with E-state index < -0.39 is 0 Å². The Kier molecular flexibility index (Phi) is 9.77. The monoisotopic (exact) mass is 341 g/mol. The second-order valence-electron chi connectivity index (χ2n) is 5.27.